The third kappa shape index (κ3) is 3.21. The number of benzene rings is 1. The van der Waals surface area contributed by atoms with Crippen LogP contribution in [0.4, 0.5) is 5.69 Å². The molecule has 0 aliphatic carbocycles. The van der Waals surface area contributed by atoms with Gasteiger partial charge in [0.1, 0.15) is 0 Å². The van der Waals surface area contributed by atoms with Gasteiger partial charge < -0.3 is 10.1 Å². The summed E-state index contributed by atoms with van der Waals surface area (Å²) in [6, 6.07) is 8.25. The topological polar surface area (TPSA) is 21.3 Å². The van der Waals surface area contributed by atoms with Crippen LogP contribution in [0.25, 0.3) is 0 Å². The average Bonchev–Trinajstić information content (AvgIpc) is 2.29. The Morgan fingerprint density at radius 1 is 1.27 bits per heavy atom. The van der Waals surface area contributed by atoms with Gasteiger partial charge in [-0.15, -0.1) is 0 Å². The van der Waals surface area contributed by atoms with Gasteiger partial charge in [-0.1, -0.05) is 12.1 Å². The van der Waals surface area contributed by atoms with E-state index in [0.29, 0.717) is 0 Å². The van der Waals surface area contributed by atoms with Crippen molar-refractivity contribution in [3.8, 4) is 0 Å². The van der Waals surface area contributed by atoms with Gasteiger partial charge in [0, 0.05) is 29.9 Å². The molecule has 1 fully saturated rings. The van der Waals surface area contributed by atoms with Gasteiger partial charge in [0.05, 0.1) is 0 Å². The molecule has 82 valence electrons. The Morgan fingerprint density at radius 2 is 2.00 bits per heavy atom. The van der Waals surface area contributed by atoms with Crippen molar-refractivity contribution in [1.29, 1.82) is 0 Å². The standard InChI is InChI=1S/C12H16BrNO/c13-11-3-1-2-4-12(11)14-9-10-5-7-15-8-6-10/h1-4,10,14H,5-9H2. The minimum atomic E-state index is 0.755. The van der Waals surface area contributed by atoms with E-state index in [0.717, 1.165) is 30.1 Å². The molecule has 2 nitrogen and oxygen atoms in total. The number of ether oxygens (including phenoxy) is 1. The second-order valence-corrected chi connectivity index (χ2v) is 4.77. The summed E-state index contributed by atoms with van der Waals surface area (Å²) >= 11 is 3.53. The highest BCUT2D eigenvalue weighted by atomic mass is 79.9. The fourth-order valence-corrected chi connectivity index (χ4v) is 2.23. The first-order chi connectivity index (χ1) is 7.36. The third-order valence-electron chi connectivity index (χ3n) is 2.80. The summed E-state index contributed by atoms with van der Waals surface area (Å²) in [5.41, 5.74) is 1.18. The maximum absolute atomic E-state index is 5.34. The highest BCUT2D eigenvalue weighted by molar-refractivity contribution is 9.10. The van der Waals surface area contributed by atoms with Crippen molar-refractivity contribution in [3.05, 3.63) is 28.7 Å². The van der Waals surface area contributed by atoms with Crippen molar-refractivity contribution in [2.24, 2.45) is 5.92 Å². The fraction of sp³-hybridized carbons (Fsp3) is 0.500. The number of nitrogens with one attached hydrogen (secondary N) is 1. The van der Waals surface area contributed by atoms with E-state index in [9.17, 15) is 0 Å². The quantitative estimate of drug-likeness (QED) is 0.910. The molecule has 0 atom stereocenters. The fourth-order valence-electron chi connectivity index (χ4n) is 1.81. The smallest absolute Gasteiger partial charge is 0.0484 e. The van der Waals surface area contributed by atoms with Crippen LogP contribution in [0, 0.1) is 5.92 Å². The summed E-state index contributed by atoms with van der Waals surface area (Å²) < 4.78 is 6.47. The lowest BCUT2D eigenvalue weighted by Crippen LogP contribution is -2.22. The zero-order valence-corrected chi connectivity index (χ0v) is 10.3. The van der Waals surface area contributed by atoms with Crippen LogP contribution in [-0.4, -0.2) is 19.8 Å². The number of rotatable bonds is 3. The number of hydrogen-bond acceptors (Lipinski definition) is 2. The molecule has 0 saturated carbocycles. The van der Waals surface area contributed by atoms with Crippen LogP contribution in [0.15, 0.2) is 28.7 Å². The van der Waals surface area contributed by atoms with E-state index in [4.69, 9.17) is 4.74 Å². The van der Waals surface area contributed by atoms with E-state index in [1.807, 2.05) is 6.07 Å². The molecule has 0 unspecified atom stereocenters. The van der Waals surface area contributed by atoms with Gasteiger partial charge in [0.2, 0.25) is 0 Å². The second-order valence-electron chi connectivity index (χ2n) is 3.92. The van der Waals surface area contributed by atoms with Gasteiger partial charge >= 0.3 is 0 Å². The number of hydrogen-bond donors (Lipinski definition) is 1. The van der Waals surface area contributed by atoms with Crippen LogP contribution in [-0.2, 0) is 4.74 Å². The summed E-state index contributed by atoms with van der Waals surface area (Å²) in [7, 11) is 0. The molecule has 15 heavy (non-hydrogen) atoms. The summed E-state index contributed by atoms with van der Waals surface area (Å²) in [5, 5.41) is 3.48. The van der Waals surface area contributed by atoms with E-state index >= 15 is 0 Å². The Bertz CT molecular complexity index is 310. The molecule has 1 N–H and O–H groups in total. The maximum Gasteiger partial charge on any atom is 0.0484 e. The minimum Gasteiger partial charge on any atom is -0.384 e. The Labute approximate surface area is 99.1 Å². The van der Waals surface area contributed by atoms with Crippen LogP contribution in [0.3, 0.4) is 0 Å². The van der Waals surface area contributed by atoms with Crippen molar-refractivity contribution in [2.45, 2.75) is 12.8 Å². The predicted molar refractivity (Wildman–Crippen MR) is 66.2 cm³/mol. The average molecular weight is 270 g/mol. The zero-order chi connectivity index (χ0) is 10.5. The van der Waals surface area contributed by atoms with E-state index < -0.39 is 0 Å². The minimum absolute atomic E-state index is 0.755. The third-order valence-corrected chi connectivity index (χ3v) is 3.49. The van der Waals surface area contributed by atoms with E-state index in [1.54, 1.807) is 0 Å². The molecule has 1 aliphatic heterocycles. The molecule has 0 aromatic heterocycles. The molecule has 0 bridgehead atoms. The second kappa shape index (κ2) is 5.52. The SMILES string of the molecule is Brc1ccccc1NCC1CCOCC1. The molecule has 1 aromatic rings. The van der Waals surface area contributed by atoms with Crippen LogP contribution >= 0.6 is 15.9 Å². The molecule has 1 saturated heterocycles. The molecular formula is C12H16BrNO. The first kappa shape index (κ1) is 11.0. The number of para-hydroxylation sites is 1. The highest BCUT2D eigenvalue weighted by Crippen LogP contribution is 2.22. The Morgan fingerprint density at radius 3 is 2.73 bits per heavy atom. The number of anilines is 1. The Balaban J connectivity index is 1.84. The van der Waals surface area contributed by atoms with E-state index in [-0.39, 0.29) is 0 Å². The van der Waals surface area contributed by atoms with Gasteiger partial charge in [0.15, 0.2) is 0 Å². The molecule has 1 aromatic carbocycles. The molecule has 2 rings (SSSR count). The Kier molecular flexibility index (Phi) is 4.03. The lowest BCUT2D eigenvalue weighted by molar-refractivity contribution is 0.0699. The van der Waals surface area contributed by atoms with Gasteiger partial charge in [-0.25, -0.2) is 0 Å². The summed E-state index contributed by atoms with van der Waals surface area (Å²) in [6.07, 6.45) is 2.36. The van der Waals surface area contributed by atoms with Crippen LogP contribution < -0.4 is 5.32 Å². The monoisotopic (exact) mass is 269 g/mol. The van der Waals surface area contributed by atoms with Gasteiger partial charge in [-0.2, -0.15) is 0 Å². The predicted octanol–water partition coefficient (Wildman–Crippen LogP) is 3.29. The molecular weight excluding hydrogens is 254 g/mol. The first-order valence-electron chi connectivity index (χ1n) is 5.42. The lowest BCUT2D eigenvalue weighted by atomic mass is 10.0. The van der Waals surface area contributed by atoms with E-state index in [2.05, 4.69) is 39.4 Å². The lowest BCUT2D eigenvalue weighted by Gasteiger charge is -2.22. The first-order valence-corrected chi connectivity index (χ1v) is 6.21. The van der Waals surface area contributed by atoms with Crippen LogP contribution in [0.1, 0.15) is 12.8 Å². The maximum atomic E-state index is 5.34. The molecule has 1 heterocycles. The van der Waals surface area contributed by atoms with Gasteiger partial charge in [-0.3, -0.25) is 0 Å². The Hall–Kier alpha value is -0.540. The summed E-state index contributed by atoms with van der Waals surface area (Å²) in [4.78, 5) is 0. The van der Waals surface area contributed by atoms with Crippen LogP contribution in [0.5, 0.6) is 0 Å². The largest absolute Gasteiger partial charge is 0.384 e. The van der Waals surface area contributed by atoms with Crippen molar-refractivity contribution >= 4 is 21.6 Å². The normalized spacial score (nSPS) is 17.7. The van der Waals surface area contributed by atoms with E-state index in [1.165, 1.54) is 18.5 Å². The summed E-state index contributed by atoms with van der Waals surface area (Å²) in [5.74, 6) is 0.755. The molecule has 0 radical (unpaired) electrons. The van der Waals surface area contributed by atoms with Crippen LogP contribution in [0.2, 0.25) is 0 Å². The molecule has 0 spiro atoms. The molecule has 0 amide bonds. The molecule has 3 heteroatoms. The molecule has 1 aliphatic rings. The van der Waals surface area contributed by atoms with Crippen molar-refractivity contribution in [2.75, 3.05) is 25.1 Å². The van der Waals surface area contributed by atoms with Crippen molar-refractivity contribution in [1.82, 2.24) is 0 Å². The van der Waals surface area contributed by atoms with Gasteiger partial charge in [-0.05, 0) is 46.8 Å². The highest BCUT2D eigenvalue weighted by Gasteiger charge is 2.13. The van der Waals surface area contributed by atoms with Gasteiger partial charge in [0.25, 0.3) is 0 Å². The summed E-state index contributed by atoms with van der Waals surface area (Å²) in [6.45, 7) is 2.89. The number of halogens is 1. The zero-order valence-electron chi connectivity index (χ0n) is 8.71. The van der Waals surface area contributed by atoms with Crippen molar-refractivity contribution < 1.29 is 4.74 Å². The van der Waals surface area contributed by atoms with Crippen molar-refractivity contribution in [3.63, 3.8) is 0 Å².